The molecule has 0 spiro atoms. The number of nitrogens with one attached hydrogen (secondary N) is 5. The Morgan fingerprint density at radius 1 is 0.787 bits per heavy atom. The highest BCUT2D eigenvalue weighted by Crippen LogP contribution is 2.53. The summed E-state index contributed by atoms with van der Waals surface area (Å²) in [6.07, 6.45) is 5.24. The number of benzene rings is 3. The van der Waals surface area contributed by atoms with E-state index in [-0.39, 0.29) is 35.7 Å². The third-order valence-corrected chi connectivity index (χ3v) is 12.6. The molecule has 0 bridgehead atoms. The Kier molecular flexibility index (Phi) is 11.8. The molecule has 5 N–H and O–H groups in total. The van der Waals surface area contributed by atoms with Crippen molar-refractivity contribution in [3.63, 3.8) is 0 Å². The molecular weight excluding hydrogens is 796 g/mol. The van der Waals surface area contributed by atoms with Crippen LogP contribution in [0.2, 0.25) is 5.15 Å². The molecule has 2 saturated carbocycles. The zero-order chi connectivity index (χ0) is 43.1. The Morgan fingerprint density at radius 3 is 2.03 bits per heavy atom. The van der Waals surface area contributed by atoms with Gasteiger partial charge in [-0.25, -0.2) is 19.6 Å². The van der Waals surface area contributed by atoms with Gasteiger partial charge in [0.05, 0.1) is 38.2 Å². The fourth-order valence-electron chi connectivity index (χ4n) is 8.58. The van der Waals surface area contributed by atoms with Crippen molar-refractivity contribution in [1.29, 1.82) is 0 Å². The van der Waals surface area contributed by atoms with Crippen LogP contribution in [0.4, 0.5) is 9.59 Å². The minimum Gasteiger partial charge on any atom is -0.453 e. The molecule has 61 heavy (non-hydrogen) atoms. The first kappa shape index (κ1) is 41.8. The Bertz CT molecular complexity index is 2440. The first-order chi connectivity index (χ1) is 29.3. The fraction of sp³-hybridized carbons (Fsp3) is 0.435. The van der Waals surface area contributed by atoms with E-state index in [4.69, 9.17) is 31.0 Å². The topological polar surface area (TPSA) is 183 Å². The average Bonchev–Trinajstić information content (AvgIpc) is 4.08. The molecule has 0 radical (unpaired) electrons. The Balaban J connectivity index is 0.960. The van der Waals surface area contributed by atoms with E-state index in [2.05, 4.69) is 80.5 Å². The number of hydrogen-bond acceptors (Lipinski definition) is 8. The lowest BCUT2D eigenvalue weighted by Gasteiger charge is -2.31. The van der Waals surface area contributed by atoms with Crippen LogP contribution in [0.1, 0.15) is 83.5 Å². The lowest BCUT2D eigenvalue weighted by Crippen LogP contribution is -2.52. The van der Waals surface area contributed by atoms with E-state index in [1.165, 1.54) is 14.2 Å². The Hall–Kier alpha value is -5.89. The number of methoxy groups -OCH3 is 2. The van der Waals surface area contributed by atoms with Gasteiger partial charge in [0.2, 0.25) is 11.8 Å². The van der Waals surface area contributed by atoms with Gasteiger partial charge in [0.1, 0.15) is 34.6 Å². The summed E-state index contributed by atoms with van der Waals surface area (Å²) in [6, 6.07) is 18.9. The van der Waals surface area contributed by atoms with E-state index in [0.29, 0.717) is 34.9 Å². The minimum atomic E-state index is -0.770. The number of H-pyrrole nitrogens is 2. The first-order valence-electron chi connectivity index (χ1n) is 21.1. The van der Waals surface area contributed by atoms with Crippen molar-refractivity contribution < 1.29 is 28.7 Å². The summed E-state index contributed by atoms with van der Waals surface area (Å²) in [5.41, 5.74) is 5.42. The number of alkyl carbamates (subject to hydrolysis) is 2. The zero-order valence-electron chi connectivity index (χ0n) is 35.3. The monoisotopic (exact) mass is 848 g/mol. The molecule has 3 fully saturated rings. The number of carbonyl (C=O) groups excluding carboxylic acids is 4. The van der Waals surface area contributed by atoms with Crippen molar-refractivity contribution in [3.8, 4) is 33.6 Å². The van der Waals surface area contributed by atoms with Crippen LogP contribution < -0.4 is 16.0 Å². The van der Waals surface area contributed by atoms with Crippen LogP contribution in [-0.4, -0.2) is 81.2 Å². The molecule has 1 aliphatic heterocycles. The molecule has 2 aromatic heterocycles. The standard InChI is InChI=1S/C46H53ClN8O6/c1-23(2)37(52-45(58)60-5)43(56)50-33(17-25-7-8-25)41-51-39(40(47)54-41)31-16-15-29-18-28(13-14-30(29)19-31)26-9-11-27(12-10-26)34-22-48-42(49-34)36-21-32-20-35(32)55(36)44(57)38(24(3)4)53-46(59)61-6/h9-16,18-19,22-25,32-33,35-38H,7-8,17,20-21H2,1-6H3,(H,48,49)(H,50,56)(H,51,54)(H,52,58)(H,53,59)/t32-,33+,35-,36+,37+,38+/m1/s1. The first-order valence-corrected chi connectivity index (χ1v) is 21.5. The van der Waals surface area contributed by atoms with Crippen LogP contribution >= 0.6 is 11.6 Å². The number of hydrogen-bond donors (Lipinski definition) is 5. The number of rotatable bonds is 14. The van der Waals surface area contributed by atoms with Crippen molar-refractivity contribution in [3.05, 3.63) is 83.7 Å². The molecule has 6 atom stereocenters. The second kappa shape index (κ2) is 17.2. The second-order valence-corrected chi connectivity index (χ2v) is 17.7. The lowest BCUT2D eigenvalue weighted by atomic mass is 9.98. The molecule has 1 saturated heterocycles. The molecular formula is C46H53ClN8O6. The highest BCUT2D eigenvalue weighted by molar-refractivity contribution is 6.32. The zero-order valence-corrected chi connectivity index (χ0v) is 36.0. The summed E-state index contributed by atoms with van der Waals surface area (Å²) in [4.78, 5) is 69.5. The molecule has 3 aliphatic rings. The fourth-order valence-corrected chi connectivity index (χ4v) is 8.83. The molecule has 3 heterocycles. The van der Waals surface area contributed by atoms with Crippen molar-refractivity contribution >= 4 is 46.4 Å². The van der Waals surface area contributed by atoms with Crippen molar-refractivity contribution in [2.45, 2.75) is 90.0 Å². The third-order valence-electron chi connectivity index (χ3n) is 12.3. The number of carbonyl (C=O) groups is 4. The quantitative estimate of drug-likeness (QED) is 0.0739. The predicted octanol–water partition coefficient (Wildman–Crippen LogP) is 8.32. The number of ether oxygens (including phenoxy) is 2. The number of aromatic nitrogens is 4. The highest BCUT2D eigenvalue weighted by atomic mass is 35.5. The van der Waals surface area contributed by atoms with E-state index in [1.54, 1.807) is 0 Å². The van der Waals surface area contributed by atoms with E-state index < -0.39 is 30.3 Å². The number of aromatic amines is 2. The van der Waals surface area contributed by atoms with Gasteiger partial charge in [0, 0.05) is 11.6 Å². The molecule has 8 rings (SSSR count). The molecule has 2 aliphatic carbocycles. The third kappa shape index (κ3) is 8.95. The summed E-state index contributed by atoms with van der Waals surface area (Å²) >= 11 is 6.79. The van der Waals surface area contributed by atoms with E-state index in [0.717, 1.165) is 70.2 Å². The molecule has 320 valence electrons. The summed E-state index contributed by atoms with van der Waals surface area (Å²) in [6.45, 7) is 7.57. The van der Waals surface area contributed by atoms with Gasteiger partial charge in [-0.1, -0.05) is 101 Å². The molecule has 14 nitrogen and oxygen atoms in total. The maximum absolute atomic E-state index is 13.8. The van der Waals surface area contributed by atoms with Gasteiger partial charge in [-0.05, 0) is 82.5 Å². The summed E-state index contributed by atoms with van der Waals surface area (Å²) in [5, 5.41) is 11.0. The van der Waals surface area contributed by atoms with Gasteiger partial charge in [-0.15, -0.1) is 0 Å². The normalized spacial score (nSPS) is 19.6. The smallest absolute Gasteiger partial charge is 0.407 e. The Labute approximate surface area is 359 Å². The van der Waals surface area contributed by atoms with Gasteiger partial charge in [-0.2, -0.15) is 0 Å². The Morgan fingerprint density at radius 2 is 1.39 bits per heavy atom. The maximum atomic E-state index is 13.8. The van der Waals surface area contributed by atoms with Crippen LogP contribution in [0.15, 0.2) is 66.9 Å². The number of fused-ring (bicyclic) bond motifs is 2. The minimum absolute atomic E-state index is 0.104. The second-order valence-electron chi connectivity index (χ2n) is 17.3. The number of nitrogens with zero attached hydrogens (tertiary/aromatic N) is 3. The maximum Gasteiger partial charge on any atom is 0.407 e. The van der Waals surface area contributed by atoms with Crippen molar-refractivity contribution in [1.82, 2.24) is 40.8 Å². The van der Waals surface area contributed by atoms with Gasteiger partial charge in [0.25, 0.3) is 0 Å². The van der Waals surface area contributed by atoms with Crippen LogP contribution in [0.5, 0.6) is 0 Å². The van der Waals surface area contributed by atoms with Gasteiger partial charge >= 0.3 is 12.2 Å². The van der Waals surface area contributed by atoms with Crippen molar-refractivity contribution in [2.24, 2.45) is 23.7 Å². The van der Waals surface area contributed by atoms with Gasteiger partial charge < -0.3 is 40.3 Å². The van der Waals surface area contributed by atoms with Gasteiger partial charge in [-0.3, -0.25) is 9.59 Å². The number of piperidine rings is 1. The number of likely N-dealkylation sites (tertiary alicyclic amines) is 1. The molecule has 5 aromatic rings. The lowest BCUT2D eigenvalue weighted by molar-refractivity contribution is -0.136. The number of imidazole rings is 2. The number of halogens is 1. The van der Waals surface area contributed by atoms with Crippen LogP contribution in [-0.2, 0) is 19.1 Å². The molecule has 15 heteroatoms. The SMILES string of the molecule is COC(=O)N[C@H](C(=O)N[C@@H](CC1CC1)c1nc(-c2ccc3cc(-c4ccc(-c5cnc([C@@H]6C[C@H]7C[C@H]7N6C(=O)[C@@H](NC(=O)OC)C(C)C)[nH]5)cc4)ccc3c2)c(Cl)[nH]1)C(C)C. The molecule has 0 unspecified atom stereocenters. The summed E-state index contributed by atoms with van der Waals surface area (Å²) < 4.78 is 9.55. The average molecular weight is 849 g/mol. The van der Waals surface area contributed by atoms with Gasteiger partial charge in [0.15, 0.2) is 0 Å². The van der Waals surface area contributed by atoms with E-state index in [9.17, 15) is 19.2 Å². The van der Waals surface area contributed by atoms with E-state index in [1.807, 2.05) is 44.9 Å². The van der Waals surface area contributed by atoms with Crippen molar-refractivity contribution in [2.75, 3.05) is 14.2 Å². The number of amides is 4. The summed E-state index contributed by atoms with van der Waals surface area (Å²) in [7, 11) is 2.57. The van der Waals surface area contributed by atoms with Crippen LogP contribution in [0.3, 0.4) is 0 Å². The molecule has 4 amide bonds. The van der Waals surface area contributed by atoms with Crippen LogP contribution in [0.25, 0.3) is 44.4 Å². The largest absolute Gasteiger partial charge is 0.453 e. The molecule has 3 aromatic carbocycles. The van der Waals surface area contributed by atoms with Crippen LogP contribution in [0, 0.1) is 23.7 Å². The predicted molar refractivity (Wildman–Crippen MR) is 232 cm³/mol. The van der Waals surface area contributed by atoms with E-state index >= 15 is 0 Å². The highest BCUT2D eigenvalue weighted by Gasteiger charge is 2.56. The summed E-state index contributed by atoms with van der Waals surface area (Å²) in [5.74, 6) is 1.56.